The maximum absolute atomic E-state index is 12.7. The number of benzene rings is 2. The highest BCUT2D eigenvalue weighted by molar-refractivity contribution is 7.89. The summed E-state index contributed by atoms with van der Waals surface area (Å²) in [4.78, 5) is 13.0. The van der Waals surface area contributed by atoms with E-state index < -0.39 is 32.6 Å². The molecule has 0 spiro atoms. The highest BCUT2D eigenvalue weighted by Crippen LogP contribution is 2.30. The first-order valence-corrected chi connectivity index (χ1v) is 8.25. The lowest BCUT2D eigenvalue weighted by Crippen LogP contribution is -2.41. The quantitative estimate of drug-likeness (QED) is 0.787. The molecule has 6 nitrogen and oxygen atoms in total. The number of carbonyl (C=O) groups is 1. The summed E-state index contributed by atoms with van der Waals surface area (Å²) in [5, 5.41) is 0. The average molecular weight is 374 g/mol. The zero-order chi connectivity index (χ0) is 18.7. The van der Waals surface area contributed by atoms with Crippen molar-refractivity contribution in [3.05, 3.63) is 59.7 Å². The molecule has 2 aromatic carbocycles. The van der Waals surface area contributed by atoms with E-state index in [-0.39, 0.29) is 5.56 Å². The van der Waals surface area contributed by atoms with Crippen molar-refractivity contribution < 1.29 is 31.1 Å². The van der Waals surface area contributed by atoms with Crippen molar-refractivity contribution in [1.29, 1.82) is 0 Å². The van der Waals surface area contributed by atoms with E-state index in [2.05, 4.69) is 0 Å². The SMILES string of the molecule is COc1ccc(C(=O)NNS(=O)(=O)c2cccc(C(F)(F)F)c2)cc1. The topological polar surface area (TPSA) is 84.5 Å². The number of methoxy groups -OCH3 is 1. The lowest BCUT2D eigenvalue weighted by atomic mass is 10.2. The van der Waals surface area contributed by atoms with Gasteiger partial charge in [-0.15, -0.1) is 4.83 Å². The van der Waals surface area contributed by atoms with E-state index in [0.29, 0.717) is 11.8 Å². The van der Waals surface area contributed by atoms with E-state index in [1.165, 1.54) is 31.4 Å². The van der Waals surface area contributed by atoms with Gasteiger partial charge in [0, 0.05) is 5.56 Å². The third-order valence-corrected chi connectivity index (χ3v) is 4.37. The summed E-state index contributed by atoms with van der Waals surface area (Å²) in [5.74, 6) is -0.278. The Kier molecular flexibility index (Phi) is 5.33. The Morgan fingerprint density at radius 2 is 1.72 bits per heavy atom. The molecule has 0 bridgehead atoms. The molecule has 1 amide bonds. The van der Waals surface area contributed by atoms with Crippen LogP contribution >= 0.6 is 0 Å². The molecule has 25 heavy (non-hydrogen) atoms. The fourth-order valence-electron chi connectivity index (χ4n) is 1.83. The van der Waals surface area contributed by atoms with Crippen LogP contribution in [0.1, 0.15) is 15.9 Å². The standard InChI is InChI=1S/C15H13F3N2O4S/c1-24-12-7-5-10(6-8-12)14(21)19-20-25(22,23)13-4-2-3-11(9-13)15(16,17)18/h2-9,20H,1H3,(H,19,21). The summed E-state index contributed by atoms with van der Waals surface area (Å²) in [6, 6.07) is 8.95. The highest BCUT2D eigenvalue weighted by Gasteiger charge is 2.31. The number of halogens is 3. The van der Waals surface area contributed by atoms with Gasteiger partial charge in [-0.3, -0.25) is 10.2 Å². The van der Waals surface area contributed by atoms with Gasteiger partial charge in [0.15, 0.2) is 0 Å². The molecule has 2 N–H and O–H groups in total. The number of alkyl halides is 3. The van der Waals surface area contributed by atoms with Gasteiger partial charge in [-0.2, -0.15) is 13.2 Å². The van der Waals surface area contributed by atoms with Crippen LogP contribution in [-0.4, -0.2) is 21.4 Å². The lowest BCUT2D eigenvalue weighted by molar-refractivity contribution is -0.137. The van der Waals surface area contributed by atoms with Crippen LogP contribution in [0.25, 0.3) is 0 Å². The first kappa shape index (κ1) is 18.7. The van der Waals surface area contributed by atoms with Crippen molar-refractivity contribution in [3.63, 3.8) is 0 Å². The number of sulfonamides is 1. The van der Waals surface area contributed by atoms with Crippen LogP contribution in [0.3, 0.4) is 0 Å². The number of amides is 1. The number of hydrogen-bond donors (Lipinski definition) is 2. The van der Waals surface area contributed by atoms with Crippen LogP contribution < -0.4 is 15.0 Å². The normalized spacial score (nSPS) is 11.8. The van der Waals surface area contributed by atoms with Gasteiger partial charge in [-0.1, -0.05) is 6.07 Å². The van der Waals surface area contributed by atoms with Gasteiger partial charge in [0.25, 0.3) is 15.9 Å². The summed E-state index contributed by atoms with van der Waals surface area (Å²) in [7, 11) is -2.92. The molecule has 0 atom stereocenters. The van der Waals surface area contributed by atoms with E-state index in [1.807, 2.05) is 5.43 Å². The zero-order valence-electron chi connectivity index (χ0n) is 12.8. The molecule has 0 saturated carbocycles. The number of nitrogens with one attached hydrogen (secondary N) is 2. The van der Waals surface area contributed by atoms with Gasteiger partial charge in [0.1, 0.15) is 5.75 Å². The fourth-order valence-corrected chi connectivity index (χ4v) is 2.71. The van der Waals surface area contributed by atoms with Gasteiger partial charge in [0.05, 0.1) is 17.6 Å². The smallest absolute Gasteiger partial charge is 0.416 e. The molecule has 0 fully saturated rings. The molecule has 0 saturated heterocycles. The molecule has 0 aromatic heterocycles. The second-order valence-corrected chi connectivity index (χ2v) is 6.50. The largest absolute Gasteiger partial charge is 0.497 e. The molecular weight excluding hydrogens is 361 g/mol. The Balaban J connectivity index is 2.12. The van der Waals surface area contributed by atoms with Crippen molar-refractivity contribution in [1.82, 2.24) is 10.3 Å². The van der Waals surface area contributed by atoms with E-state index >= 15 is 0 Å². The maximum Gasteiger partial charge on any atom is 0.416 e. The van der Waals surface area contributed by atoms with Crippen LogP contribution in [0.5, 0.6) is 5.75 Å². The van der Waals surface area contributed by atoms with Gasteiger partial charge in [0.2, 0.25) is 0 Å². The van der Waals surface area contributed by atoms with Gasteiger partial charge >= 0.3 is 6.18 Å². The van der Waals surface area contributed by atoms with Crippen molar-refractivity contribution in [2.24, 2.45) is 0 Å². The zero-order valence-corrected chi connectivity index (χ0v) is 13.6. The number of ether oxygens (including phenoxy) is 1. The monoisotopic (exact) mass is 374 g/mol. The van der Waals surface area contributed by atoms with Gasteiger partial charge in [-0.25, -0.2) is 8.42 Å². The Hall–Kier alpha value is -2.59. The van der Waals surface area contributed by atoms with E-state index in [0.717, 1.165) is 18.2 Å². The molecule has 0 aliphatic heterocycles. The molecule has 0 radical (unpaired) electrons. The van der Waals surface area contributed by atoms with Crippen LogP contribution in [0.15, 0.2) is 53.4 Å². The Morgan fingerprint density at radius 1 is 1.08 bits per heavy atom. The molecule has 2 aromatic rings. The molecular formula is C15H13F3N2O4S. The first-order valence-electron chi connectivity index (χ1n) is 6.77. The fraction of sp³-hybridized carbons (Fsp3) is 0.133. The van der Waals surface area contributed by atoms with Crippen molar-refractivity contribution in [2.45, 2.75) is 11.1 Å². The van der Waals surface area contributed by atoms with Crippen molar-refractivity contribution in [2.75, 3.05) is 7.11 Å². The summed E-state index contributed by atoms with van der Waals surface area (Å²) in [6.45, 7) is 0. The maximum atomic E-state index is 12.7. The minimum absolute atomic E-state index is 0.132. The van der Waals surface area contributed by atoms with Gasteiger partial charge < -0.3 is 4.74 Å². The third-order valence-electron chi connectivity index (χ3n) is 3.12. The van der Waals surface area contributed by atoms with Crippen LogP contribution in [0.2, 0.25) is 0 Å². The average Bonchev–Trinajstić information content (AvgIpc) is 2.59. The van der Waals surface area contributed by atoms with E-state index in [4.69, 9.17) is 4.74 Å². The summed E-state index contributed by atoms with van der Waals surface area (Å²) >= 11 is 0. The predicted molar refractivity (Wildman–Crippen MR) is 82.2 cm³/mol. The number of hydrogen-bond acceptors (Lipinski definition) is 4. The van der Waals surface area contributed by atoms with Crippen LogP contribution in [0, 0.1) is 0 Å². The molecule has 0 unspecified atom stereocenters. The Labute approximate surface area is 141 Å². The predicted octanol–water partition coefficient (Wildman–Crippen LogP) is 2.34. The molecule has 2 rings (SSSR count). The van der Waals surface area contributed by atoms with E-state index in [9.17, 15) is 26.4 Å². The second kappa shape index (κ2) is 7.11. The lowest BCUT2D eigenvalue weighted by Gasteiger charge is -2.11. The summed E-state index contributed by atoms with van der Waals surface area (Å²) in [5.41, 5.74) is 0.952. The number of carbonyl (C=O) groups excluding carboxylic acids is 1. The van der Waals surface area contributed by atoms with Crippen molar-refractivity contribution in [3.8, 4) is 5.75 Å². The second-order valence-electron chi connectivity index (χ2n) is 4.81. The summed E-state index contributed by atoms with van der Waals surface area (Å²) in [6.07, 6.45) is -4.68. The molecule has 0 aliphatic carbocycles. The minimum Gasteiger partial charge on any atom is -0.497 e. The third kappa shape index (κ3) is 4.70. The molecule has 0 aliphatic rings. The summed E-state index contributed by atoms with van der Waals surface area (Å²) < 4.78 is 67.0. The highest BCUT2D eigenvalue weighted by atomic mass is 32.2. The van der Waals surface area contributed by atoms with Crippen LogP contribution in [-0.2, 0) is 16.2 Å². The molecule has 134 valence electrons. The van der Waals surface area contributed by atoms with E-state index in [1.54, 1.807) is 4.83 Å². The first-order chi connectivity index (χ1) is 11.6. The minimum atomic E-state index is -4.68. The van der Waals surface area contributed by atoms with Crippen LogP contribution in [0.4, 0.5) is 13.2 Å². The molecule has 0 heterocycles. The van der Waals surface area contributed by atoms with Crippen molar-refractivity contribution >= 4 is 15.9 Å². The Bertz CT molecular complexity index is 865. The number of hydrazine groups is 1. The Morgan fingerprint density at radius 3 is 2.28 bits per heavy atom. The molecule has 10 heteroatoms. The van der Waals surface area contributed by atoms with Gasteiger partial charge in [-0.05, 0) is 42.5 Å². The number of rotatable bonds is 5.